The molecule has 0 saturated carbocycles. The van der Waals surface area contributed by atoms with E-state index < -0.39 is 0 Å². The zero-order valence-electron chi connectivity index (χ0n) is 10.1. The van der Waals surface area contributed by atoms with Crippen molar-refractivity contribution < 1.29 is 0 Å². The number of nitrogens with two attached hydrogens (primary N) is 1. The molecule has 0 aliphatic carbocycles. The lowest BCUT2D eigenvalue weighted by Gasteiger charge is -2.05. The minimum atomic E-state index is 0.594. The maximum absolute atomic E-state index is 5.55. The highest BCUT2D eigenvalue weighted by atomic mass is 14.9. The van der Waals surface area contributed by atoms with E-state index in [1.165, 1.54) is 0 Å². The van der Waals surface area contributed by atoms with Crippen LogP contribution < -0.4 is 5.73 Å². The molecule has 0 saturated heterocycles. The third-order valence-electron chi connectivity index (χ3n) is 2.43. The summed E-state index contributed by atoms with van der Waals surface area (Å²) in [5.41, 5.74) is 9.24. The summed E-state index contributed by atoms with van der Waals surface area (Å²) >= 11 is 0. The maximum Gasteiger partial charge on any atom is 0.178 e. The van der Waals surface area contributed by atoms with E-state index in [0.29, 0.717) is 12.4 Å². The predicted octanol–water partition coefficient (Wildman–Crippen LogP) is 1.66. The Balaban J connectivity index is 2.44. The van der Waals surface area contributed by atoms with E-state index in [9.17, 15) is 0 Å². The maximum atomic E-state index is 5.55. The number of nitrogens with zero attached hydrogens (tertiary/aromatic N) is 3. The molecule has 2 aromatic rings. The molecule has 0 aromatic carbocycles. The van der Waals surface area contributed by atoms with E-state index in [4.69, 9.17) is 5.73 Å². The van der Waals surface area contributed by atoms with Gasteiger partial charge in [-0.3, -0.25) is 0 Å². The standard InChI is InChI=1S/C13H16N4/c1-9-4-3-5-12(15-9)13-16-10(2)8-11(17-13)6-7-14/h3-5,8H,6-7,14H2,1-2H3. The monoisotopic (exact) mass is 228 g/mol. The summed E-state index contributed by atoms with van der Waals surface area (Å²) in [5, 5.41) is 0. The highest BCUT2D eigenvalue weighted by molar-refractivity contribution is 5.49. The average molecular weight is 228 g/mol. The summed E-state index contributed by atoms with van der Waals surface area (Å²) < 4.78 is 0. The number of aromatic nitrogens is 3. The van der Waals surface area contributed by atoms with Gasteiger partial charge in [0.15, 0.2) is 5.82 Å². The molecule has 0 radical (unpaired) electrons. The summed E-state index contributed by atoms with van der Waals surface area (Å²) in [6.07, 6.45) is 0.766. The van der Waals surface area contributed by atoms with Crippen molar-refractivity contribution in [2.45, 2.75) is 20.3 Å². The largest absolute Gasteiger partial charge is 0.330 e. The second-order valence-corrected chi connectivity index (χ2v) is 4.03. The molecule has 88 valence electrons. The van der Waals surface area contributed by atoms with Crippen molar-refractivity contribution in [1.82, 2.24) is 15.0 Å². The minimum Gasteiger partial charge on any atom is -0.330 e. The molecule has 0 bridgehead atoms. The first-order valence-corrected chi connectivity index (χ1v) is 5.67. The SMILES string of the molecule is Cc1cccc(-c2nc(C)cc(CCN)n2)n1. The van der Waals surface area contributed by atoms with Gasteiger partial charge in [0, 0.05) is 23.5 Å². The topological polar surface area (TPSA) is 64.7 Å². The first-order valence-electron chi connectivity index (χ1n) is 5.67. The summed E-state index contributed by atoms with van der Waals surface area (Å²) in [4.78, 5) is 13.3. The summed E-state index contributed by atoms with van der Waals surface area (Å²) in [6.45, 7) is 4.51. The molecule has 0 atom stereocenters. The first kappa shape index (κ1) is 11.7. The third kappa shape index (κ3) is 2.85. The van der Waals surface area contributed by atoms with Crippen molar-refractivity contribution in [3.63, 3.8) is 0 Å². The van der Waals surface area contributed by atoms with Gasteiger partial charge in [0.25, 0.3) is 0 Å². The second kappa shape index (κ2) is 5.01. The minimum absolute atomic E-state index is 0.594. The summed E-state index contributed by atoms with van der Waals surface area (Å²) in [7, 11) is 0. The van der Waals surface area contributed by atoms with Crippen LogP contribution in [0.4, 0.5) is 0 Å². The van der Waals surface area contributed by atoms with Gasteiger partial charge >= 0.3 is 0 Å². The zero-order chi connectivity index (χ0) is 12.3. The van der Waals surface area contributed by atoms with Crippen LogP contribution in [0.3, 0.4) is 0 Å². The molecule has 0 spiro atoms. The van der Waals surface area contributed by atoms with Gasteiger partial charge in [-0.1, -0.05) is 6.07 Å². The van der Waals surface area contributed by atoms with E-state index in [-0.39, 0.29) is 0 Å². The van der Waals surface area contributed by atoms with Crippen molar-refractivity contribution in [3.8, 4) is 11.5 Å². The van der Waals surface area contributed by atoms with E-state index in [1.54, 1.807) is 0 Å². The van der Waals surface area contributed by atoms with Crippen LogP contribution in [0.25, 0.3) is 11.5 Å². The van der Waals surface area contributed by atoms with Gasteiger partial charge in [0.2, 0.25) is 0 Å². The van der Waals surface area contributed by atoms with Gasteiger partial charge in [-0.05, 0) is 38.6 Å². The van der Waals surface area contributed by atoms with Gasteiger partial charge in [-0.15, -0.1) is 0 Å². The molecule has 0 aliphatic heterocycles. The average Bonchev–Trinajstić information content (AvgIpc) is 2.28. The molecule has 0 amide bonds. The Kier molecular flexibility index (Phi) is 3.44. The fraction of sp³-hybridized carbons (Fsp3) is 0.308. The fourth-order valence-corrected chi connectivity index (χ4v) is 1.69. The molecule has 0 fully saturated rings. The van der Waals surface area contributed by atoms with Crippen LogP contribution in [0.1, 0.15) is 17.1 Å². The van der Waals surface area contributed by atoms with Crippen LogP contribution in [0, 0.1) is 13.8 Å². The lowest BCUT2D eigenvalue weighted by molar-refractivity contribution is 0.901. The predicted molar refractivity (Wildman–Crippen MR) is 67.5 cm³/mol. The number of rotatable bonds is 3. The van der Waals surface area contributed by atoms with Crippen LogP contribution >= 0.6 is 0 Å². The third-order valence-corrected chi connectivity index (χ3v) is 2.43. The second-order valence-electron chi connectivity index (χ2n) is 4.03. The highest BCUT2D eigenvalue weighted by Gasteiger charge is 2.06. The van der Waals surface area contributed by atoms with Gasteiger partial charge < -0.3 is 5.73 Å². The lowest BCUT2D eigenvalue weighted by Crippen LogP contribution is -2.06. The molecule has 2 rings (SSSR count). The van der Waals surface area contributed by atoms with Crippen molar-refractivity contribution >= 4 is 0 Å². The van der Waals surface area contributed by atoms with Crippen LogP contribution in [-0.4, -0.2) is 21.5 Å². The Labute approximate surface area is 101 Å². The Bertz CT molecular complexity index is 523. The molecule has 17 heavy (non-hydrogen) atoms. The number of aryl methyl sites for hydroxylation is 2. The van der Waals surface area contributed by atoms with Crippen molar-refractivity contribution in [3.05, 3.63) is 41.3 Å². The molecular formula is C13H16N4. The van der Waals surface area contributed by atoms with E-state index in [2.05, 4.69) is 15.0 Å². The molecule has 2 heterocycles. The Morgan fingerprint density at radius 2 is 1.88 bits per heavy atom. The molecule has 0 unspecified atom stereocenters. The number of hydrogen-bond donors (Lipinski definition) is 1. The molecule has 0 aliphatic rings. The van der Waals surface area contributed by atoms with Crippen molar-refractivity contribution in [1.29, 1.82) is 0 Å². The van der Waals surface area contributed by atoms with E-state index in [1.807, 2.05) is 38.1 Å². The summed E-state index contributed by atoms with van der Waals surface area (Å²) in [5.74, 6) is 0.678. The molecule has 2 N–H and O–H groups in total. The number of pyridine rings is 1. The highest BCUT2D eigenvalue weighted by Crippen LogP contribution is 2.14. The lowest BCUT2D eigenvalue weighted by atomic mass is 10.2. The van der Waals surface area contributed by atoms with Crippen molar-refractivity contribution in [2.24, 2.45) is 5.73 Å². The van der Waals surface area contributed by atoms with Crippen LogP contribution in [0.5, 0.6) is 0 Å². The van der Waals surface area contributed by atoms with Gasteiger partial charge in [0.05, 0.1) is 0 Å². The molecular weight excluding hydrogens is 212 g/mol. The van der Waals surface area contributed by atoms with Crippen molar-refractivity contribution in [2.75, 3.05) is 6.54 Å². The van der Waals surface area contributed by atoms with Crippen LogP contribution in [0.2, 0.25) is 0 Å². The van der Waals surface area contributed by atoms with E-state index >= 15 is 0 Å². The smallest absolute Gasteiger partial charge is 0.178 e. The number of hydrogen-bond acceptors (Lipinski definition) is 4. The Hall–Kier alpha value is -1.81. The first-order chi connectivity index (χ1) is 8.19. The van der Waals surface area contributed by atoms with Gasteiger partial charge in [-0.2, -0.15) is 0 Å². The molecule has 4 nitrogen and oxygen atoms in total. The summed E-state index contributed by atoms with van der Waals surface area (Å²) in [6, 6.07) is 7.81. The van der Waals surface area contributed by atoms with Crippen LogP contribution in [-0.2, 0) is 6.42 Å². The fourth-order valence-electron chi connectivity index (χ4n) is 1.69. The van der Waals surface area contributed by atoms with Gasteiger partial charge in [-0.25, -0.2) is 15.0 Å². The Morgan fingerprint density at radius 1 is 1.06 bits per heavy atom. The Morgan fingerprint density at radius 3 is 2.59 bits per heavy atom. The van der Waals surface area contributed by atoms with Gasteiger partial charge in [0.1, 0.15) is 5.69 Å². The molecule has 4 heteroatoms. The normalized spacial score (nSPS) is 10.5. The van der Waals surface area contributed by atoms with Crippen LogP contribution in [0.15, 0.2) is 24.3 Å². The van der Waals surface area contributed by atoms with E-state index in [0.717, 1.165) is 29.2 Å². The quantitative estimate of drug-likeness (QED) is 0.867. The molecule has 2 aromatic heterocycles. The zero-order valence-corrected chi connectivity index (χ0v) is 10.1.